The van der Waals surface area contributed by atoms with Gasteiger partial charge in [-0.25, -0.2) is 4.79 Å². The average molecular weight is 315 g/mol. The second-order valence-electron chi connectivity index (χ2n) is 5.85. The Morgan fingerprint density at radius 3 is 2.91 bits per heavy atom. The van der Waals surface area contributed by atoms with E-state index in [2.05, 4.69) is 10.5 Å². The first-order valence-electron chi connectivity index (χ1n) is 7.74. The van der Waals surface area contributed by atoms with Gasteiger partial charge in [0.2, 0.25) is 0 Å². The molecule has 1 atom stereocenters. The SMILES string of the molecule is COc1ccc(C)cc1NC(=O)N1CCC[C@H]1c1cc(C)on1. The van der Waals surface area contributed by atoms with Crippen LogP contribution in [0.2, 0.25) is 0 Å². The average Bonchev–Trinajstić information content (AvgIpc) is 3.15. The molecular weight excluding hydrogens is 294 g/mol. The molecule has 0 saturated carbocycles. The summed E-state index contributed by atoms with van der Waals surface area (Å²) in [5, 5.41) is 7.02. The summed E-state index contributed by atoms with van der Waals surface area (Å²) in [6.45, 7) is 4.54. The molecule has 0 aliphatic carbocycles. The lowest BCUT2D eigenvalue weighted by Gasteiger charge is -2.24. The number of hydrogen-bond donors (Lipinski definition) is 1. The van der Waals surface area contributed by atoms with E-state index in [-0.39, 0.29) is 12.1 Å². The van der Waals surface area contributed by atoms with Crippen molar-refractivity contribution in [2.45, 2.75) is 32.7 Å². The van der Waals surface area contributed by atoms with Crippen LogP contribution in [0, 0.1) is 13.8 Å². The highest BCUT2D eigenvalue weighted by molar-refractivity contribution is 5.91. The summed E-state index contributed by atoms with van der Waals surface area (Å²) in [6, 6.07) is 7.42. The number of urea groups is 1. The zero-order valence-corrected chi connectivity index (χ0v) is 13.6. The summed E-state index contributed by atoms with van der Waals surface area (Å²) in [5.41, 5.74) is 2.55. The van der Waals surface area contributed by atoms with Gasteiger partial charge >= 0.3 is 6.03 Å². The Balaban J connectivity index is 1.79. The van der Waals surface area contributed by atoms with Crippen molar-refractivity contribution in [3.63, 3.8) is 0 Å². The van der Waals surface area contributed by atoms with E-state index < -0.39 is 0 Å². The van der Waals surface area contributed by atoms with Gasteiger partial charge < -0.3 is 19.5 Å². The summed E-state index contributed by atoms with van der Waals surface area (Å²) >= 11 is 0. The van der Waals surface area contributed by atoms with Crippen LogP contribution in [-0.2, 0) is 0 Å². The van der Waals surface area contributed by atoms with E-state index >= 15 is 0 Å². The maximum atomic E-state index is 12.7. The van der Waals surface area contributed by atoms with Crippen LogP contribution < -0.4 is 10.1 Å². The summed E-state index contributed by atoms with van der Waals surface area (Å²) in [4.78, 5) is 14.5. The summed E-state index contributed by atoms with van der Waals surface area (Å²) in [6.07, 6.45) is 1.85. The van der Waals surface area contributed by atoms with Gasteiger partial charge in [0.25, 0.3) is 0 Å². The van der Waals surface area contributed by atoms with E-state index in [1.54, 1.807) is 12.0 Å². The van der Waals surface area contributed by atoms with E-state index in [0.29, 0.717) is 18.0 Å². The molecule has 1 aliphatic heterocycles. The summed E-state index contributed by atoms with van der Waals surface area (Å²) in [7, 11) is 1.59. The molecule has 3 rings (SSSR count). The van der Waals surface area contributed by atoms with E-state index in [9.17, 15) is 4.79 Å². The summed E-state index contributed by atoms with van der Waals surface area (Å²) < 4.78 is 10.5. The highest BCUT2D eigenvalue weighted by Gasteiger charge is 2.32. The van der Waals surface area contributed by atoms with E-state index in [0.717, 1.165) is 29.9 Å². The third-order valence-corrected chi connectivity index (χ3v) is 4.10. The minimum absolute atomic E-state index is 0.0387. The molecule has 1 fully saturated rings. The second kappa shape index (κ2) is 6.32. The molecule has 0 unspecified atom stereocenters. The predicted octanol–water partition coefficient (Wildman–Crippen LogP) is 3.67. The molecule has 2 aromatic rings. The number of ether oxygens (including phenoxy) is 1. The van der Waals surface area contributed by atoms with Crippen molar-refractivity contribution in [1.29, 1.82) is 0 Å². The van der Waals surface area contributed by atoms with Crippen molar-refractivity contribution in [1.82, 2.24) is 10.1 Å². The monoisotopic (exact) mass is 315 g/mol. The number of amides is 2. The molecule has 2 amide bonds. The Morgan fingerprint density at radius 2 is 2.22 bits per heavy atom. The van der Waals surface area contributed by atoms with Crippen molar-refractivity contribution >= 4 is 11.7 Å². The van der Waals surface area contributed by atoms with Crippen LogP contribution in [0.15, 0.2) is 28.8 Å². The minimum Gasteiger partial charge on any atom is -0.495 e. The maximum Gasteiger partial charge on any atom is 0.322 e. The predicted molar refractivity (Wildman–Crippen MR) is 86.7 cm³/mol. The van der Waals surface area contributed by atoms with Gasteiger partial charge in [0.1, 0.15) is 17.2 Å². The number of benzene rings is 1. The highest BCUT2D eigenvalue weighted by Crippen LogP contribution is 2.33. The first-order chi connectivity index (χ1) is 11.1. The quantitative estimate of drug-likeness (QED) is 0.938. The molecule has 6 nitrogen and oxygen atoms in total. The molecular formula is C17H21N3O3. The third-order valence-electron chi connectivity index (χ3n) is 4.10. The van der Waals surface area contributed by atoms with Crippen molar-refractivity contribution in [3.05, 3.63) is 41.3 Å². The molecule has 1 N–H and O–H groups in total. The number of methoxy groups -OCH3 is 1. The molecule has 0 radical (unpaired) electrons. The van der Waals surface area contributed by atoms with Gasteiger partial charge in [0, 0.05) is 12.6 Å². The molecule has 1 saturated heterocycles. The fourth-order valence-corrected chi connectivity index (χ4v) is 2.97. The van der Waals surface area contributed by atoms with Crippen LogP contribution in [0.1, 0.15) is 35.9 Å². The number of carbonyl (C=O) groups excluding carboxylic acids is 1. The number of likely N-dealkylation sites (tertiary alicyclic amines) is 1. The molecule has 6 heteroatoms. The zero-order valence-electron chi connectivity index (χ0n) is 13.6. The number of anilines is 1. The van der Waals surface area contributed by atoms with Gasteiger partial charge in [-0.15, -0.1) is 0 Å². The van der Waals surface area contributed by atoms with Crippen LogP contribution in [-0.4, -0.2) is 29.7 Å². The molecule has 1 aromatic heterocycles. The Morgan fingerprint density at radius 1 is 1.39 bits per heavy atom. The standard InChI is InChI=1S/C17H21N3O3/c1-11-6-7-16(22-3)14(9-11)18-17(21)20-8-4-5-15(20)13-10-12(2)23-19-13/h6-7,9-10,15H,4-5,8H2,1-3H3,(H,18,21)/t15-/m0/s1. The van der Waals surface area contributed by atoms with Gasteiger partial charge in [0.05, 0.1) is 18.8 Å². The number of hydrogen-bond acceptors (Lipinski definition) is 4. The smallest absolute Gasteiger partial charge is 0.322 e. The van der Waals surface area contributed by atoms with Crippen molar-refractivity contribution in [2.75, 3.05) is 19.0 Å². The Bertz CT molecular complexity index is 711. The lowest BCUT2D eigenvalue weighted by atomic mass is 10.1. The van der Waals surface area contributed by atoms with Gasteiger partial charge in [0.15, 0.2) is 0 Å². The number of nitrogens with one attached hydrogen (secondary N) is 1. The topological polar surface area (TPSA) is 67.6 Å². The van der Waals surface area contributed by atoms with Crippen LogP contribution in [0.5, 0.6) is 5.75 Å². The molecule has 1 aromatic carbocycles. The van der Waals surface area contributed by atoms with Gasteiger partial charge in [-0.1, -0.05) is 11.2 Å². The largest absolute Gasteiger partial charge is 0.495 e. The van der Waals surface area contributed by atoms with Crippen LogP contribution >= 0.6 is 0 Å². The Labute approximate surface area is 135 Å². The minimum atomic E-state index is -0.142. The Hall–Kier alpha value is -2.50. The number of nitrogens with zero attached hydrogens (tertiary/aromatic N) is 2. The summed E-state index contributed by atoms with van der Waals surface area (Å²) in [5.74, 6) is 1.41. The Kier molecular flexibility index (Phi) is 4.23. The molecule has 2 heterocycles. The molecule has 0 spiro atoms. The van der Waals surface area contributed by atoms with Crippen LogP contribution in [0.25, 0.3) is 0 Å². The van der Waals surface area contributed by atoms with Crippen LogP contribution in [0.3, 0.4) is 0 Å². The fraction of sp³-hybridized carbons (Fsp3) is 0.412. The van der Waals surface area contributed by atoms with E-state index in [1.807, 2.05) is 38.1 Å². The second-order valence-corrected chi connectivity index (χ2v) is 5.85. The maximum absolute atomic E-state index is 12.7. The van der Waals surface area contributed by atoms with E-state index in [4.69, 9.17) is 9.26 Å². The zero-order chi connectivity index (χ0) is 16.4. The fourth-order valence-electron chi connectivity index (χ4n) is 2.97. The molecule has 0 bridgehead atoms. The first-order valence-corrected chi connectivity index (χ1v) is 7.74. The normalized spacial score (nSPS) is 17.3. The van der Waals surface area contributed by atoms with Gasteiger partial charge in [-0.2, -0.15) is 0 Å². The van der Waals surface area contributed by atoms with Crippen molar-refractivity contribution in [3.8, 4) is 5.75 Å². The van der Waals surface area contributed by atoms with E-state index in [1.165, 1.54) is 0 Å². The number of aromatic nitrogens is 1. The molecule has 1 aliphatic rings. The van der Waals surface area contributed by atoms with Gasteiger partial charge in [-0.3, -0.25) is 0 Å². The number of rotatable bonds is 3. The lowest BCUT2D eigenvalue weighted by Crippen LogP contribution is -2.34. The van der Waals surface area contributed by atoms with Crippen molar-refractivity contribution in [2.24, 2.45) is 0 Å². The highest BCUT2D eigenvalue weighted by atomic mass is 16.5. The van der Waals surface area contributed by atoms with Crippen molar-refractivity contribution < 1.29 is 14.1 Å². The lowest BCUT2D eigenvalue weighted by molar-refractivity contribution is 0.204. The first kappa shape index (κ1) is 15.4. The molecule has 122 valence electrons. The van der Waals surface area contributed by atoms with Gasteiger partial charge in [-0.05, 0) is 44.4 Å². The van der Waals surface area contributed by atoms with Crippen LogP contribution in [0.4, 0.5) is 10.5 Å². The molecule has 23 heavy (non-hydrogen) atoms. The third kappa shape index (κ3) is 3.16. The number of aryl methyl sites for hydroxylation is 2. The number of carbonyl (C=O) groups is 1.